The molecule has 0 radical (unpaired) electrons. The van der Waals surface area contributed by atoms with E-state index in [1.54, 1.807) is 24.3 Å². The minimum atomic E-state index is -3.66. The zero-order valence-corrected chi connectivity index (χ0v) is 15.5. The van der Waals surface area contributed by atoms with Gasteiger partial charge in [-0.2, -0.15) is 0 Å². The summed E-state index contributed by atoms with van der Waals surface area (Å²) in [6, 6.07) is 12.2. The van der Waals surface area contributed by atoms with Crippen molar-refractivity contribution in [3.05, 3.63) is 53.6 Å². The Labute approximate surface area is 153 Å². The molecule has 1 heterocycles. The van der Waals surface area contributed by atoms with Crippen LogP contribution in [0.4, 0.5) is 11.4 Å². The van der Waals surface area contributed by atoms with Crippen molar-refractivity contribution in [1.82, 2.24) is 0 Å². The van der Waals surface area contributed by atoms with Gasteiger partial charge in [0.05, 0.1) is 10.3 Å². The van der Waals surface area contributed by atoms with Crippen LogP contribution in [0.15, 0.2) is 47.4 Å². The summed E-state index contributed by atoms with van der Waals surface area (Å²) < 4.78 is 28.0. The van der Waals surface area contributed by atoms with Crippen LogP contribution >= 0.6 is 0 Å². The third kappa shape index (κ3) is 2.69. The number of sulfonamides is 1. The molecule has 1 aliphatic heterocycles. The molecule has 6 heteroatoms. The number of aryl methyl sites for hydroxylation is 1. The lowest BCUT2D eigenvalue weighted by atomic mass is 9.80. The maximum atomic E-state index is 12.7. The molecule has 2 aromatic carbocycles. The monoisotopic (exact) mass is 370 g/mol. The second kappa shape index (κ2) is 6.13. The minimum Gasteiger partial charge on any atom is -0.325 e. The summed E-state index contributed by atoms with van der Waals surface area (Å²) in [5.74, 6) is 0.0418. The SMILES string of the molecule is CCc1ccc(S(=O)(=O)Nc2ccc3c(c2)C2(CCCC2)C(=O)N3)cc1. The average Bonchev–Trinajstić information content (AvgIpc) is 3.22. The number of rotatable bonds is 4. The number of anilines is 2. The summed E-state index contributed by atoms with van der Waals surface area (Å²) >= 11 is 0. The molecule has 1 fully saturated rings. The summed E-state index contributed by atoms with van der Waals surface area (Å²) in [5.41, 5.74) is 2.81. The Morgan fingerprint density at radius 3 is 2.42 bits per heavy atom. The zero-order chi connectivity index (χ0) is 18.4. The van der Waals surface area contributed by atoms with Crippen molar-refractivity contribution in [2.24, 2.45) is 0 Å². The molecule has 2 aliphatic rings. The lowest BCUT2D eigenvalue weighted by Crippen LogP contribution is -2.31. The fourth-order valence-corrected chi connectivity index (χ4v) is 5.12. The van der Waals surface area contributed by atoms with Gasteiger partial charge in [-0.15, -0.1) is 0 Å². The smallest absolute Gasteiger partial charge is 0.261 e. The molecule has 0 atom stereocenters. The Balaban J connectivity index is 1.65. The first-order valence-electron chi connectivity index (χ1n) is 9.02. The standard InChI is InChI=1S/C20H22N2O3S/c1-2-14-5-8-16(9-6-14)26(24,25)22-15-7-10-18-17(13-15)20(19(23)21-18)11-3-4-12-20/h5-10,13,22H,2-4,11-12H2,1H3,(H,21,23). The van der Waals surface area contributed by atoms with Gasteiger partial charge in [-0.25, -0.2) is 8.42 Å². The molecule has 0 saturated heterocycles. The predicted octanol–water partition coefficient (Wildman–Crippen LogP) is 3.81. The van der Waals surface area contributed by atoms with E-state index in [1.165, 1.54) is 0 Å². The van der Waals surface area contributed by atoms with Crippen molar-refractivity contribution in [3.8, 4) is 0 Å². The van der Waals surface area contributed by atoms with E-state index in [9.17, 15) is 13.2 Å². The molecule has 4 rings (SSSR count). The summed E-state index contributed by atoms with van der Waals surface area (Å²) in [6.45, 7) is 2.03. The fourth-order valence-electron chi connectivity index (χ4n) is 4.07. The number of fused-ring (bicyclic) bond motifs is 2. The first-order valence-corrected chi connectivity index (χ1v) is 10.5. The number of benzene rings is 2. The molecule has 5 nitrogen and oxygen atoms in total. The largest absolute Gasteiger partial charge is 0.325 e. The highest BCUT2D eigenvalue weighted by Crippen LogP contribution is 2.49. The topological polar surface area (TPSA) is 75.3 Å². The fraction of sp³-hybridized carbons (Fsp3) is 0.350. The second-order valence-electron chi connectivity index (χ2n) is 7.11. The van der Waals surface area contributed by atoms with Crippen LogP contribution in [0.1, 0.15) is 43.7 Å². The van der Waals surface area contributed by atoms with Crippen LogP contribution in [-0.2, 0) is 26.7 Å². The van der Waals surface area contributed by atoms with Gasteiger partial charge >= 0.3 is 0 Å². The van der Waals surface area contributed by atoms with E-state index < -0.39 is 15.4 Å². The number of hydrogen-bond donors (Lipinski definition) is 2. The Hall–Kier alpha value is -2.34. The van der Waals surface area contributed by atoms with Crippen molar-refractivity contribution in [3.63, 3.8) is 0 Å². The van der Waals surface area contributed by atoms with Crippen molar-refractivity contribution in [1.29, 1.82) is 0 Å². The molecule has 2 aromatic rings. The first kappa shape index (κ1) is 17.1. The van der Waals surface area contributed by atoms with Crippen LogP contribution < -0.4 is 10.0 Å². The molecule has 1 amide bonds. The van der Waals surface area contributed by atoms with Crippen LogP contribution in [0.3, 0.4) is 0 Å². The minimum absolute atomic E-state index is 0.0418. The molecule has 136 valence electrons. The van der Waals surface area contributed by atoms with E-state index >= 15 is 0 Å². The maximum absolute atomic E-state index is 12.7. The summed E-state index contributed by atoms with van der Waals surface area (Å²) in [6.07, 6.45) is 4.54. The molecular formula is C20H22N2O3S. The molecular weight excluding hydrogens is 348 g/mol. The van der Waals surface area contributed by atoms with Crippen LogP contribution in [0.5, 0.6) is 0 Å². The third-order valence-electron chi connectivity index (χ3n) is 5.57. The lowest BCUT2D eigenvalue weighted by molar-refractivity contribution is -0.120. The molecule has 1 aliphatic carbocycles. The molecule has 1 spiro atoms. The Kier molecular flexibility index (Phi) is 4.03. The number of nitrogens with one attached hydrogen (secondary N) is 2. The van der Waals surface area contributed by atoms with E-state index in [1.807, 2.05) is 25.1 Å². The van der Waals surface area contributed by atoms with Gasteiger partial charge in [0.25, 0.3) is 10.0 Å². The maximum Gasteiger partial charge on any atom is 0.261 e. The second-order valence-corrected chi connectivity index (χ2v) is 8.79. The molecule has 0 unspecified atom stereocenters. The van der Waals surface area contributed by atoms with Gasteiger partial charge in [0.2, 0.25) is 5.91 Å². The Morgan fingerprint density at radius 2 is 1.77 bits per heavy atom. The lowest BCUT2D eigenvalue weighted by Gasteiger charge is -2.21. The van der Waals surface area contributed by atoms with Crippen molar-refractivity contribution >= 4 is 27.3 Å². The van der Waals surface area contributed by atoms with Gasteiger partial charge < -0.3 is 5.32 Å². The van der Waals surface area contributed by atoms with E-state index in [0.29, 0.717) is 5.69 Å². The summed E-state index contributed by atoms with van der Waals surface area (Å²) in [4.78, 5) is 12.7. The van der Waals surface area contributed by atoms with Gasteiger partial charge in [0, 0.05) is 11.4 Å². The normalized spacial score (nSPS) is 18.0. The molecule has 2 N–H and O–H groups in total. The molecule has 26 heavy (non-hydrogen) atoms. The highest BCUT2D eigenvalue weighted by molar-refractivity contribution is 7.92. The van der Waals surface area contributed by atoms with Crippen molar-refractivity contribution in [2.45, 2.75) is 49.3 Å². The van der Waals surface area contributed by atoms with Crippen LogP contribution in [0, 0.1) is 0 Å². The average molecular weight is 370 g/mol. The van der Waals surface area contributed by atoms with E-state index in [-0.39, 0.29) is 10.8 Å². The number of carbonyl (C=O) groups excluding carboxylic acids is 1. The molecule has 1 saturated carbocycles. The van der Waals surface area contributed by atoms with Gasteiger partial charge in [0.1, 0.15) is 0 Å². The van der Waals surface area contributed by atoms with Crippen LogP contribution in [0.25, 0.3) is 0 Å². The van der Waals surface area contributed by atoms with Crippen LogP contribution in [-0.4, -0.2) is 14.3 Å². The molecule has 0 aromatic heterocycles. The third-order valence-corrected chi connectivity index (χ3v) is 6.97. The number of hydrogen-bond acceptors (Lipinski definition) is 3. The Bertz CT molecular complexity index is 959. The first-order chi connectivity index (χ1) is 12.4. The zero-order valence-electron chi connectivity index (χ0n) is 14.7. The van der Waals surface area contributed by atoms with Gasteiger partial charge in [-0.1, -0.05) is 31.9 Å². The predicted molar refractivity (Wildman–Crippen MR) is 102 cm³/mol. The van der Waals surface area contributed by atoms with Crippen molar-refractivity contribution in [2.75, 3.05) is 10.0 Å². The van der Waals surface area contributed by atoms with Gasteiger partial charge in [-0.3, -0.25) is 9.52 Å². The number of carbonyl (C=O) groups is 1. The summed E-state index contributed by atoms with van der Waals surface area (Å²) in [7, 11) is -3.66. The van der Waals surface area contributed by atoms with Crippen LogP contribution in [0.2, 0.25) is 0 Å². The van der Waals surface area contributed by atoms with E-state index in [2.05, 4.69) is 10.0 Å². The molecule has 0 bridgehead atoms. The highest BCUT2D eigenvalue weighted by atomic mass is 32.2. The number of amides is 1. The Morgan fingerprint density at radius 1 is 1.08 bits per heavy atom. The quantitative estimate of drug-likeness (QED) is 0.859. The van der Waals surface area contributed by atoms with E-state index in [0.717, 1.165) is 48.9 Å². The highest BCUT2D eigenvalue weighted by Gasteiger charge is 2.48. The summed E-state index contributed by atoms with van der Waals surface area (Å²) in [5, 5.41) is 2.95. The van der Waals surface area contributed by atoms with Gasteiger partial charge in [-0.05, 0) is 60.7 Å². The van der Waals surface area contributed by atoms with E-state index in [4.69, 9.17) is 0 Å². The van der Waals surface area contributed by atoms with Crippen molar-refractivity contribution < 1.29 is 13.2 Å². The van der Waals surface area contributed by atoms with Gasteiger partial charge in [0.15, 0.2) is 0 Å².